The van der Waals surface area contributed by atoms with Crippen molar-refractivity contribution in [2.75, 3.05) is 7.11 Å². The molecule has 1 saturated heterocycles. The quantitative estimate of drug-likeness (QED) is 0.764. The Kier molecular flexibility index (Phi) is 2.55. The highest BCUT2D eigenvalue weighted by atomic mass is 32.1. The van der Waals surface area contributed by atoms with E-state index in [1.165, 1.54) is 0 Å². The Morgan fingerprint density at radius 1 is 1.40 bits per heavy atom. The second-order valence-electron chi connectivity index (χ2n) is 3.05. The monoisotopic (exact) mass is 223 g/mol. The van der Waals surface area contributed by atoms with Crippen molar-refractivity contribution < 1.29 is 14.3 Å². The molecule has 0 saturated carbocycles. The summed E-state index contributed by atoms with van der Waals surface area (Å²) in [5, 5.41) is 2.56. The molecule has 0 bridgehead atoms. The van der Waals surface area contributed by atoms with Crippen LogP contribution < -0.4 is 10.1 Å². The van der Waals surface area contributed by atoms with Crippen LogP contribution in [0.4, 0.5) is 0 Å². The van der Waals surface area contributed by atoms with Gasteiger partial charge in [-0.05, 0) is 24.4 Å². The van der Waals surface area contributed by atoms with Gasteiger partial charge in [-0.15, -0.1) is 0 Å². The average Bonchev–Trinajstić information content (AvgIpc) is 2.58. The van der Waals surface area contributed by atoms with E-state index in [2.05, 4.69) is 5.32 Å². The van der Waals surface area contributed by atoms with Crippen molar-refractivity contribution >= 4 is 23.3 Å². The van der Waals surface area contributed by atoms with Gasteiger partial charge in [0.25, 0.3) is 11.1 Å². The number of hydrogen-bond acceptors (Lipinski definition) is 4. The molecule has 5 heteroatoms. The molecular formula is C10H9NO3S. The van der Waals surface area contributed by atoms with Crippen molar-refractivity contribution in [2.45, 2.75) is 6.10 Å². The first-order chi connectivity index (χ1) is 7.20. The first-order valence-corrected chi connectivity index (χ1v) is 4.77. The molecular weight excluding hydrogens is 214 g/mol. The predicted molar refractivity (Wildman–Crippen MR) is 57.6 cm³/mol. The SMILES string of the molecule is COc1ccc(C2OC(=S)NC2=O)cc1. The molecule has 1 aromatic carbocycles. The summed E-state index contributed by atoms with van der Waals surface area (Å²) in [6.45, 7) is 0. The molecule has 78 valence electrons. The molecule has 1 aliphatic heterocycles. The van der Waals surface area contributed by atoms with E-state index < -0.39 is 6.10 Å². The fourth-order valence-corrected chi connectivity index (χ4v) is 1.55. The summed E-state index contributed by atoms with van der Waals surface area (Å²) in [4.78, 5) is 11.4. The van der Waals surface area contributed by atoms with Crippen LogP contribution in [0.2, 0.25) is 0 Å². The highest BCUT2D eigenvalue weighted by Gasteiger charge is 2.30. The van der Waals surface area contributed by atoms with Crippen molar-refractivity contribution in [3.8, 4) is 5.75 Å². The number of methoxy groups -OCH3 is 1. The van der Waals surface area contributed by atoms with Crippen LogP contribution >= 0.6 is 12.2 Å². The zero-order chi connectivity index (χ0) is 10.8. The lowest BCUT2D eigenvalue weighted by Crippen LogP contribution is -2.20. The third-order valence-electron chi connectivity index (χ3n) is 2.11. The van der Waals surface area contributed by atoms with E-state index in [0.29, 0.717) is 0 Å². The number of hydrogen-bond donors (Lipinski definition) is 1. The number of carbonyl (C=O) groups excluding carboxylic acids is 1. The van der Waals surface area contributed by atoms with Crippen molar-refractivity contribution in [3.05, 3.63) is 29.8 Å². The van der Waals surface area contributed by atoms with E-state index in [1.54, 1.807) is 31.4 Å². The lowest BCUT2D eigenvalue weighted by atomic mass is 10.1. The van der Waals surface area contributed by atoms with E-state index in [-0.39, 0.29) is 11.1 Å². The average molecular weight is 223 g/mol. The van der Waals surface area contributed by atoms with Crippen molar-refractivity contribution in [1.29, 1.82) is 0 Å². The van der Waals surface area contributed by atoms with Crippen molar-refractivity contribution in [1.82, 2.24) is 5.32 Å². The highest BCUT2D eigenvalue weighted by molar-refractivity contribution is 7.80. The van der Waals surface area contributed by atoms with Crippen LogP contribution in [0, 0.1) is 0 Å². The number of amides is 1. The second kappa shape index (κ2) is 3.86. The summed E-state index contributed by atoms with van der Waals surface area (Å²) in [5.74, 6) is 0.505. The Hall–Kier alpha value is -1.62. The molecule has 15 heavy (non-hydrogen) atoms. The fourth-order valence-electron chi connectivity index (χ4n) is 1.35. The summed E-state index contributed by atoms with van der Waals surface area (Å²) in [6.07, 6.45) is -0.636. The molecule has 1 fully saturated rings. The zero-order valence-corrected chi connectivity index (χ0v) is 8.84. The fraction of sp³-hybridized carbons (Fsp3) is 0.200. The Morgan fingerprint density at radius 3 is 2.53 bits per heavy atom. The maximum absolute atomic E-state index is 11.4. The smallest absolute Gasteiger partial charge is 0.273 e. The Morgan fingerprint density at radius 2 is 2.07 bits per heavy atom. The Bertz CT molecular complexity index is 402. The van der Waals surface area contributed by atoms with Gasteiger partial charge in [0.2, 0.25) is 6.10 Å². The molecule has 1 amide bonds. The molecule has 1 N–H and O–H groups in total. The lowest BCUT2D eigenvalue weighted by molar-refractivity contribution is -0.123. The lowest BCUT2D eigenvalue weighted by Gasteiger charge is -2.07. The molecule has 0 aliphatic carbocycles. The van der Waals surface area contributed by atoms with Crippen LogP contribution in [-0.2, 0) is 9.53 Å². The van der Waals surface area contributed by atoms with E-state index in [0.717, 1.165) is 11.3 Å². The summed E-state index contributed by atoms with van der Waals surface area (Å²) in [5.41, 5.74) is 0.758. The number of rotatable bonds is 2. The number of nitrogens with one attached hydrogen (secondary N) is 1. The van der Waals surface area contributed by atoms with Crippen LogP contribution in [0.1, 0.15) is 11.7 Å². The molecule has 1 aromatic rings. The van der Waals surface area contributed by atoms with Gasteiger partial charge in [0.05, 0.1) is 7.11 Å². The van der Waals surface area contributed by atoms with Gasteiger partial charge in [0.15, 0.2) is 0 Å². The molecule has 0 spiro atoms. The molecule has 1 unspecified atom stereocenters. The molecule has 1 heterocycles. The number of benzene rings is 1. The first-order valence-electron chi connectivity index (χ1n) is 4.36. The van der Waals surface area contributed by atoms with E-state index in [9.17, 15) is 4.79 Å². The minimum atomic E-state index is -0.636. The van der Waals surface area contributed by atoms with E-state index in [4.69, 9.17) is 21.7 Å². The van der Waals surface area contributed by atoms with Crippen LogP contribution in [-0.4, -0.2) is 18.2 Å². The standard InChI is InChI=1S/C10H9NO3S/c1-13-7-4-2-6(3-5-7)8-9(12)11-10(15)14-8/h2-5,8H,1H3,(H,11,12,15). The highest BCUT2D eigenvalue weighted by Crippen LogP contribution is 2.23. The van der Waals surface area contributed by atoms with Crippen LogP contribution in [0.15, 0.2) is 24.3 Å². The largest absolute Gasteiger partial charge is 0.497 e. The number of carbonyl (C=O) groups is 1. The molecule has 0 radical (unpaired) electrons. The molecule has 4 nitrogen and oxygen atoms in total. The third kappa shape index (κ3) is 1.92. The van der Waals surface area contributed by atoms with Gasteiger partial charge < -0.3 is 9.47 Å². The maximum atomic E-state index is 11.4. The zero-order valence-electron chi connectivity index (χ0n) is 8.02. The van der Waals surface area contributed by atoms with Gasteiger partial charge in [0.1, 0.15) is 5.75 Å². The Balaban J connectivity index is 2.22. The van der Waals surface area contributed by atoms with Crippen LogP contribution in [0.3, 0.4) is 0 Å². The molecule has 2 rings (SSSR count). The third-order valence-corrected chi connectivity index (χ3v) is 2.31. The normalized spacial score (nSPS) is 19.7. The summed E-state index contributed by atoms with van der Waals surface area (Å²) in [7, 11) is 1.59. The van der Waals surface area contributed by atoms with Crippen molar-refractivity contribution in [3.63, 3.8) is 0 Å². The summed E-state index contributed by atoms with van der Waals surface area (Å²) < 4.78 is 10.2. The minimum Gasteiger partial charge on any atom is -0.497 e. The topological polar surface area (TPSA) is 47.6 Å². The molecule has 1 atom stereocenters. The number of thiocarbonyl (C=S) groups is 1. The predicted octanol–water partition coefficient (Wildman–Crippen LogP) is 1.17. The minimum absolute atomic E-state index is 0.126. The molecule has 1 aliphatic rings. The van der Waals surface area contributed by atoms with Gasteiger partial charge in [0, 0.05) is 5.56 Å². The van der Waals surface area contributed by atoms with E-state index >= 15 is 0 Å². The molecule has 0 aromatic heterocycles. The van der Waals surface area contributed by atoms with Gasteiger partial charge in [-0.2, -0.15) is 0 Å². The first kappa shape index (κ1) is 9.92. The van der Waals surface area contributed by atoms with Crippen molar-refractivity contribution in [2.24, 2.45) is 0 Å². The maximum Gasteiger partial charge on any atom is 0.273 e. The Labute approximate surface area is 92.2 Å². The second-order valence-corrected chi connectivity index (χ2v) is 3.42. The van der Waals surface area contributed by atoms with Gasteiger partial charge in [-0.1, -0.05) is 12.1 Å². The van der Waals surface area contributed by atoms with E-state index in [1.807, 2.05) is 0 Å². The van der Waals surface area contributed by atoms with Gasteiger partial charge in [-0.25, -0.2) is 0 Å². The summed E-state index contributed by atoms with van der Waals surface area (Å²) in [6, 6.07) is 7.09. The number of ether oxygens (including phenoxy) is 2. The van der Waals surface area contributed by atoms with Gasteiger partial charge >= 0.3 is 0 Å². The van der Waals surface area contributed by atoms with Crippen LogP contribution in [0.5, 0.6) is 5.75 Å². The summed E-state index contributed by atoms with van der Waals surface area (Å²) >= 11 is 4.74. The van der Waals surface area contributed by atoms with Crippen LogP contribution in [0.25, 0.3) is 0 Å². The van der Waals surface area contributed by atoms with Gasteiger partial charge in [-0.3, -0.25) is 10.1 Å².